The summed E-state index contributed by atoms with van der Waals surface area (Å²) in [4.78, 5) is 3.86. The molecule has 0 fully saturated rings. The van der Waals surface area contributed by atoms with Crippen LogP contribution in [0.3, 0.4) is 0 Å². The standard InChI is InChI=1S/C44H36N4/c1-43(2,3)29-17-20-37-34(23-29)35-24-30(44(4,5)6)18-21-38(35)48(37)42-28(26-45)22-31(46-7)25-40(42)47-36-15-11-10-14-33(36)41-32-13-9-8-12-27(32)16-19-39(41)47/h8-25H,1-6H3. The summed E-state index contributed by atoms with van der Waals surface area (Å²) in [7, 11) is 0. The molecule has 0 amide bonds. The topological polar surface area (TPSA) is 38.0 Å². The number of para-hydroxylation sites is 1. The molecule has 0 radical (unpaired) electrons. The fraction of sp³-hybridized carbons (Fsp3) is 0.182. The van der Waals surface area contributed by atoms with E-state index in [2.05, 4.69) is 159 Å². The van der Waals surface area contributed by atoms with Gasteiger partial charge in [-0.3, -0.25) is 0 Å². The Morgan fingerprint density at radius 1 is 0.583 bits per heavy atom. The van der Waals surface area contributed by atoms with E-state index in [0.29, 0.717) is 11.3 Å². The lowest BCUT2D eigenvalue weighted by Gasteiger charge is -2.21. The molecule has 2 heterocycles. The third-order valence-electron chi connectivity index (χ3n) is 9.85. The van der Waals surface area contributed by atoms with E-state index in [0.717, 1.165) is 55.0 Å². The summed E-state index contributed by atoms with van der Waals surface area (Å²) in [6.07, 6.45) is 0. The number of benzene rings is 6. The molecule has 0 saturated carbocycles. The number of nitriles is 1. The van der Waals surface area contributed by atoms with Crippen LogP contribution in [0.15, 0.2) is 109 Å². The highest BCUT2D eigenvalue weighted by molar-refractivity contribution is 6.21. The molecule has 2 aromatic heterocycles. The molecule has 4 heteroatoms. The smallest absolute Gasteiger partial charge is 0.190 e. The number of nitrogens with zero attached hydrogens (tertiary/aromatic N) is 4. The van der Waals surface area contributed by atoms with Crippen LogP contribution in [0.2, 0.25) is 0 Å². The van der Waals surface area contributed by atoms with E-state index in [1.807, 2.05) is 6.07 Å². The molecule has 0 aliphatic heterocycles. The first-order valence-electron chi connectivity index (χ1n) is 16.5. The quantitative estimate of drug-likeness (QED) is 0.177. The van der Waals surface area contributed by atoms with Gasteiger partial charge in [-0.2, -0.15) is 5.26 Å². The maximum absolute atomic E-state index is 10.8. The maximum atomic E-state index is 10.8. The minimum Gasteiger partial charge on any atom is -0.308 e. The number of hydrogen-bond donors (Lipinski definition) is 0. The molecule has 0 unspecified atom stereocenters. The van der Waals surface area contributed by atoms with E-state index in [9.17, 15) is 5.26 Å². The van der Waals surface area contributed by atoms with Crippen LogP contribution >= 0.6 is 0 Å². The van der Waals surface area contributed by atoms with E-state index in [1.165, 1.54) is 21.9 Å². The Kier molecular flexibility index (Phi) is 6.36. The molecule has 48 heavy (non-hydrogen) atoms. The second-order valence-electron chi connectivity index (χ2n) is 14.9. The molecule has 0 bridgehead atoms. The van der Waals surface area contributed by atoms with Crippen molar-refractivity contribution in [1.82, 2.24) is 9.13 Å². The van der Waals surface area contributed by atoms with Crippen molar-refractivity contribution in [2.24, 2.45) is 0 Å². The molecule has 232 valence electrons. The fourth-order valence-electron chi connectivity index (χ4n) is 7.36. The summed E-state index contributed by atoms with van der Waals surface area (Å²) < 4.78 is 4.51. The predicted molar refractivity (Wildman–Crippen MR) is 201 cm³/mol. The molecule has 0 spiro atoms. The predicted octanol–water partition coefficient (Wildman–Crippen LogP) is 12.1. The first-order valence-corrected chi connectivity index (χ1v) is 16.5. The van der Waals surface area contributed by atoms with Crippen LogP contribution in [0, 0.1) is 17.9 Å². The largest absolute Gasteiger partial charge is 0.308 e. The van der Waals surface area contributed by atoms with Gasteiger partial charge >= 0.3 is 0 Å². The SMILES string of the molecule is [C-]#[N+]c1cc(C#N)c(-n2c3ccc(C(C)(C)C)cc3c3cc(C(C)(C)C)ccc32)c(-n2c3ccccc3c3c4ccccc4ccc32)c1. The van der Waals surface area contributed by atoms with Crippen molar-refractivity contribution in [1.29, 1.82) is 5.26 Å². The van der Waals surface area contributed by atoms with Gasteiger partial charge in [0.1, 0.15) is 6.07 Å². The molecular weight excluding hydrogens is 585 g/mol. The molecule has 0 saturated heterocycles. The number of fused-ring (bicyclic) bond motifs is 8. The Bertz CT molecular complexity index is 2640. The lowest BCUT2D eigenvalue weighted by atomic mass is 9.85. The summed E-state index contributed by atoms with van der Waals surface area (Å²) in [5.41, 5.74) is 9.05. The molecule has 8 rings (SSSR count). The Morgan fingerprint density at radius 3 is 1.75 bits per heavy atom. The zero-order chi connectivity index (χ0) is 33.5. The third-order valence-corrected chi connectivity index (χ3v) is 9.85. The number of aromatic nitrogens is 2. The van der Waals surface area contributed by atoms with Gasteiger partial charge in [-0.05, 0) is 81.3 Å². The molecule has 0 atom stereocenters. The Morgan fingerprint density at radius 2 is 1.15 bits per heavy atom. The molecule has 4 nitrogen and oxygen atoms in total. The second kappa shape index (κ2) is 10.3. The summed E-state index contributed by atoms with van der Waals surface area (Å²) in [5.74, 6) is 0. The van der Waals surface area contributed by atoms with Crippen LogP contribution in [-0.2, 0) is 10.8 Å². The van der Waals surface area contributed by atoms with Crippen LogP contribution in [0.25, 0.3) is 70.6 Å². The molecule has 0 aliphatic carbocycles. The Labute approximate surface area is 280 Å². The monoisotopic (exact) mass is 620 g/mol. The van der Waals surface area contributed by atoms with Gasteiger partial charge < -0.3 is 9.13 Å². The third kappa shape index (κ3) is 4.34. The van der Waals surface area contributed by atoms with E-state index in [1.54, 1.807) is 6.07 Å². The molecule has 8 aromatic rings. The number of rotatable bonds is 2. The minimum atomic E-state index is -0.0315. The Hall–Kier alpha value is -5.84. The number of hydrogen-bond acceptors (Lipinski definition) is 1. The van der Waals surface area contributed by atoms with E-state index >= 15 is 0 Å². The van der Waals surface area contributed by atoms with Crippen LogP contribution < -0.4 is 0 Å². The maximum Gasteiger partial charge on any atom is 0.190 e. The summed E-state index contributed by atoms with van der Waals surface area (Å²) in [6.45, 7) is 21.5. The highest BCUT2D eigenvalue weighted by Crippen LogP contribution is 2.43. The average Bonchev–Trinajstić information content (AvgIpc) is 3.59. The molecule has 0 aliphatic rings. The average molecular weight is 621 g/mol. The minimum absolute atomic E-state index is 0.0315. The lowest BCUT2D eigenvalue weighted by Crippen LogP contribution is -2.10. The highest BCUT2D eigenvalue weighted by atomic mass is 15.1. The second-order valence-corrected chi connectivity index (χ2v) is 14.9. The van der Waals surface area contributed by atoms with Gasteiger partial charge in [0, 0.05) is 21.5 Å². The molecule has 6 aromatic carbocycles. The van der Waals surface area contributed by atoms with Gasteiger partial charge in [0.2, 0.25) is 0 Å². The van der Waals surface area contributed by atoms with Crippen molar-refractivity contribution in [3.63, 3.8) is 0 Å². The van der Waals surface area contributed by atoms with Crippen LogP contribution in [0.4, 0.5) is 5.69 Å². The van der Waals surface area contributed by atoms with Crippen molar-refractivity contribution in [3.05, 3.63) is 137 Å². The molecular formula is C44H36N4. The van der Waals surface area contributed by atoms with Crippen LogP contribution in [-0.4, -0.2) is 9.13 Å². The first kappa shape index (κ1) is 29.6. The summed E-state index contributed by atoms with van der Waals surface area (Å²) >= 11 is 0. The van der Waals surface area contributed by atoms with Crippen molar-refractivity contribution in [2.75, 3.05) is 0 Å². The molecule has 0 N–H and O–H groups in total. The van der Waals surface area contributed by atoms with Crippen LogP contribution in [0.1, 0.15) is 58.2 Å². The van der Waals surface area contributed by atoms with Gasteiger partial charge in [-0.15, -0.1) is 0 Å². The van der Waals surface area contributed by atoms with Crippen LogP contribution in [0.5, 0.6) is 0 Å². The van der Waals surface area contributed by atoms with Gasteiger partial charge in [-0.25, -0.2) is 4.85 Å². The van der Waals surface area contributed by atoms with E-state index in [4.69, 9.17) is 6.57 Å². The van der Waals surface area contributed by atoms with Crippen molar-refractivity contribution < 1.29 is 0 Å². The van der Waals surface area contributed by atoms with Gasteiger partial charge in [0.15, 0.2) is 5.69 Å². The van der Waals surface area contributed by atoms with Gasteiger partial charge in [-0.1, -0.05) is 102 Å². The first-order chi connectivity index (χ1) is 23.0. The highest BCUT2D eigenvalue weighted by Gasteiger charge is 2.25. The normalized spacial score (nSPS) is 12.3. The fourth-order valence-corrected chi connectivity index (χ4v) is 7.36. The Balaban J connectivity index is 1.58. The summed E-state index contributed by atoms with van der Waals surface area (Å²) in [6, 6.07) is 41.0. The zero-order valence-corrected chi connectivity index (χ0v) is 28.2. The van der Waals surface area contributed by atoms with Gasteiger partial charge in [0.25, 0.3) is 0 Å². The van der Waals surface area contributed by atoms with Gasteiger partial charge in [0.05, 0.1) is 45.6 Å². The van der Waals surface area contributed by atoms with Crippen molar-refractivity contribution in [2.45, 2.75) is 52.4 Å². The van der Waals surface area contributed by atoms with Crippen molar-refractivity contribution in [3.8, 4) is 17.4 Å². The zero-order valence-electron chi connectivity index (χ0n) is 28.2. The summed E-state index contributed by atoms with van der Waals surface area (Å²) in [5, 5.41) is 17.7. The van der Waals surface area contributed by atoms with Crippen molar-refractivity contribution >= 4 is 60.1 Å². The van der Waals surface area contributed by atoms with E-state index < -0.39 is 0 Å². The van der Waals surface area contributed by atoms with E-state index in [-0.39, 0.29) is 10.8 Å². The lowest BCUT2D eigenvalue weighted by molar-refractivity contribution is 0.590.